The van der Waals surface area contributed by atoms with E-state index in [0.717, 1.165) is 29.1 Å². The van der Waals surface area contributed by atoms with Crippen molar-refractivity contribution in [2.45, 2.75) is 20.3 Å². The zero-order chi connectivity index (χ0) is 11.5. The van der Waals surface area contributed by atoms with Crippen molar-refractivity contribution >= 4 is 0 Å². The van der Waals surface area contributed by atoms with Gasteiger partial charge < -0.3 is 4.74 Å². The van der Waals surface area contributed by atoms with Gasteiger partial charge in [0.1, 0.15) is 5.75 Å². The average molecular weight is 216 g/mol. The topological polar surface area (TPSA) is 37.9 Å². The lowest BCUT2D eigenvalue weighted by Gasteiger charge is -2.06. The highest BCUT2D eigenvalue weighted by Crippen LogP contribution is 2.19. The van der Waals surface area contributed by atoms with E-state index in [9.17, 15) is 0 Å². The predicted molar refractivity (Wildman–Crippen MR) is 63.9 cm³/mol. The number of hydrogen-bond donors (Lipinski definition) is 1. The molecule has 3 heteroatoms. The van der Waals surface area contributed by atoms with Crippen molar-refractivity contribution in [2.24, 2.45) is 0 Å². The first-order valence-electron chi connectivity index (χ1n) is 5.33. The molecule has 1 aromatic carbocycles. The van der Waals surface area contributed by atoms with Crippen molar-refractivity contribution in [3.63, 3.8) is 0 Å². The van der Waals surface area contributed by atoms with Crippen molar-refractivity contribution in [3.8, 4) is 5.75 Å². The third-order valence-corrected chi connectivity index (χ3v) is 2.60. The number of aromatic amines is 1. The molecular formula is C13H16N2O. The van der Waals surface area contributed by atoms with E-state index in [-0.39, 0.29) is 0 Å². The van der Waals surface area contributed by atoms with Crippen LogP contribution in [0.15, 0.2) is 24.3 Å². The van der Waals surface area contributed by atoms with Gasteiger partial charge in [-0.25, -0.2) is 0 Å². The standard InChI is InChI=1S/C13H16N2O/c1-9-6-11(4-5-13(9)16-3)8-12-7-10(2)14-15-12/h4-7H,8H2,1-3H3,(H,14,15). The van der Waals surface area contributed by atoms with E-state index in [1.165, 1.54) is 5.56 Å². The maximum absolute atomic E-state index is 5.23. The normalized spacial score (nSPS) is 10.4. The van der Waals surface area contributed by atoms with Crippen LogP contribution in [0.25, 0.3) is 0 Å². The quantitative estimate of drug-likeness (QED) is 0.856. The van der Waals surface area contributed by atoms with E-state index in [4.69, 9.17) is 4.74 Å². The van der Waals surface area contributed by atoms with Crippen molar-refractivity contribution < 1.29 is 4.74 Å². The highest BCUT2D eigenvalue weighted by molar-refractivity contribution is 5.37. The molecule has 0 atom stereocenters. The fourth-order valence-corrected chi connectivity index (χ4v) is 1.82. The third-order valence-electron chi connectivity index (χ3n) is 2.60. The molecule has 0 bridgehead atoms. The van der Waals surface area contributed by atoms with Crippen LogP contribution in [-0.2, 0) is 6.42 Å². The Bertz CT molecular complexity index is 488. The fourth-order valence-electron chi connectivity index (χ4n) is 1.82. The van der Waals surface area contributed by atoms with E-state index < -0.39 is 0 Å². The van der Waals surface area contributed by atoms with E-state index in [1.54, 1.807) is 7.11 Å². The van der Waals surface area contributed by atoms with E-state index in [0.29, 0.717) is 0 Å². The van der Waals surface area contributed by atoms with Crippen LogP contribution in [0.3, 0.4) is 0 Å². The Hall–Kier alpha value is -1.77. The van der Waals surface area contributed by atoms with Gasteiger partial charge in [-0.15, -0.1) is 0 Å². The number of rotatable bonds is 3. The second kappa shape index (κ2) is 4.39. The van der Waals surface area contributed by atoms with Crippen LogP contribution in [0.1, 0.15) is 22.5 Å². The second-order valence-electron chi connectivity index (χ2n) is 4.02. The van der Waals surface area contributed by atoms with Crippen LogP contribution in [0.5, 0.6) is 5.75 Å². The van der Waals surface area contributed by atoms with Gasteiger partial charge in [0.25, 0.3) is 0 Å². The summed E-state index contributed by atoms with van der Waals surface area (Å²) in [7, 11) is 1.69. The monoisotopic (exact) mass is 216 g/mol. The molecular weight excluding hydrogens is 200 g/mol. The first kappa shape index (κ1) is 10.7. The summed E-state index contributed by atoms with van der Waals surface area (Å²) in [5, 5.41) is 7.18. The van der Waals surface area contributed by atoms with E-state index in [1.807, 2.05) is 13.0 Å². The van der Waals surface area contributed by atoms with Crippen molar-refractivity contribution in [1.29, 1.82) is 0 Å². The number of hydrogen-bond acceptors (Lipinski definition) is 2. The highest BCUT2D eigenvalue weighted by atomic mass is 16.5. The average Bonchev–Trinajstić information content (AvgIpc) is 2.64. The Morgan fingerprint density at radius 2 is 2.06 bits per heavy atom. The molecule has 0 amide bonds. The van der Waals surface area contributed by atoms with Crippen LogP contribution < -0.4 is 4.74 Å². The van der Waals surface area contributed by atoms with Gasteiger partial charge in [0, 0.05) is 12.1 Å². The molecule has 0 spiro atoms. The zero-order valence-corrected chi connectivity index (χ0v) is 9.87. The molecule has 0 radical (unpaired) electrons. The first-order valence-corrected chi connectivity index (χ1v) is 5.33. The molecule has 16 heavy (non-hydrogen) atoms. The summed E-state index contributed by atoms with van der Waals surface area (Å²) in [5.74, 6) is 0.932. The molecule has 0 aliphatic carbocycles. The number of ether oxygens (including phenoxy) is 1. The van der Waals surface area contributed by atoms with Crippen molar-refractivity contribution in [3.05, 3.63) is 46.8 Å². The summed E-state index contributed by atoms with van der Waals surface area (Å²) >= 11 is 0. The van der Waals surface area contributed by atoms with E-state index in [2.05, 4.69) is 35.3 Å². The number of nitrogens with zero attached hydrogens (tertiary/aromatic N) is 1. The maximum atomic E-state index is 5.23. The van der Waals surface area contributed by atoms with Crippen LogP contribution in [-0.4, -0.2) is 17.3 Å². The molecule has 0 unspecified atom stereocenters. The summed E-state index contributed by atoms with van der Waals surface area (Å²) in [5.41, 5.74) is 4.58. The molecule has 0 aliphatic heterocycles. The molecule has 3 nitrogen and oxygen atoms in total. The summed E-state index contributed by atoms with van der Waals surface area (Å²) in [4.78, 5) is 0. The lowest BCUT2D eigenvalue weighted by Crippen LogP contribution is -1.92. The van der Waals surface area contributed by atoms with Gasteiger partial charge in [0.2, 0.25) is 0 Å². The van der Waals surface area contributed by atoms with Crippen LogP contribution >= 0.6 is 0 Å². The van der Waals surface area contributed by atoms with Crippen LogP contribution in [0.2, 0.25) is 0 Å². The van der Waals surface area contributed by atoms with Crippen LogP contribution in [0, 0.1) is 13.8 Å². The van der Waals surface area contributed by atoms with Gasteiger partial charge in [-0.05, 0) is 37.1 Å². The summed E-state index contributed by atoms with van der Waals surface area (Å²) in [6.07, 6.45) is 0.856. The third kappa shape index (κ3) is 2.24. The number of nitrogens with one attached hydrogen (secondary N) is 1. The molecule has 84 valence electrons. The Balaban J connectivity index is 2.19. The van der Waals surface area contributed by atoms with Gasteiger partial charge in [0.15, 0.2) is 0 Å². The Morgan fingerprint density at radius 3 is 2.62 bits per heavy atom. The number of aromatic nitrogens is 2. The van der Waals surface area contributed by atoms with Gasteiger partial charge in [0.05, 0.1) is 12.8 Å². The first-order chi connectivity index (χ1) is 7.69. The summed E-state index contributed by atoms with van der Waals surface area (Å²) in [6, 6.07) is 8.29. The second-order valence-corrected chi connectivity index (χ2v) is 4.02. The lowest BCUT2D eigenvalue weighted by molar-refractivity contribution is 0.411. The fraction of sp³-hybridized carbons (Fsp3) is 0.308. The highest BCUT2D eigenvalue weighted by Gasteiger charge is 2.03. The molecule has 0 saturated carbocycles. The van der Waals surface area contributed by atoms with Crippen molar-refractivity contribution in [1.82, 2.24) is 10.2 Å². The molecule has 0 saturated heterocycles. The minimum atomic E-state index is 0.856. The number of methoxy groups -OCH3 is 1. The Morgan fingerprint density at radius 1 is 1.25 bits per heavy atom. The number of aryl methyl sites for hydroxylation is 2. The van der Waals surface area contributed by atoms with Gasteiger partial charge >= 0.3 is 0 Å². The number of benzene rings is 1. The predicted octanol–water partition coefficient (Wildman–Crippen LogP) is 2.63. The summed E-state index contributed by atoms with van der Waals surface area (Å²) in [6.45, 7) is 4.06. The van der Waals surface area contributed by atoms with E-state index >= 15 is 0 Å². The molecule has 2 aromatic rings. The lowest BCUT2D eigenvalue weighted by atomic mass is 10.1. The Labute approximate surface area is 95.5 Å². The van der Waals surface area contributed by atoms with Gasteiger partial charge in [-0.1, -0.05) is 12.1 Å². The molecule has 1 aromatic heterocycles. The largest absolute Gasteiger partial charge is 0.496 e. The molecule has 1 N–H and O–H groups in total. The SMILES string of the molecule is COc1ccc(Cc2cc(C)[nH]n2)cc1C. The van der Waals surface area contributed by atoms with Gasteiger partial charge in [-0.3, -0.25) is 5.10 Å². The maximum Gasteiger partial charge on any atom is 0.121 e. The summed E-state index contributed by atoms with van der Waals surface area (Å²) < 4.78 is 5.23. The number of H-pyrrole nitrogens is 1. The molecule has 0 fully saturated rings. The molecule has 1 heterocycles. The zero-order valence-electron chi connectivity index (χ0n) is 9.87. The van der Waals surface area contributed by atoms with Crippen molar-refractivity contribution in [2.75, 3.05) is 7.11 Å². The van der Waals surface area contributed by atoms with Crippen LogP contribution in [0.4, 0.5) is 0 Å². The minimum absolute atomic E-state index is 0.856. The molecule has 0 aliphatic rings. The smallest absolute Gasteiger partial charge is 0.121 e. The van der Waals surface area contributed by atoms with Gasteiger partial charge in [-0.2, -0.15) is 5.10 Å². The molecule has 2 rings (SSSR count). The minimum Gasteiger partial charge on any atom is -0.496 e. The Kier molecular flexibility index (Phi) is 2.95.